The van der Waals surface area contributed by atoms with Gasteiger partial charge in [0.1, 0.15) is 9.84 Å². The highest BCUT2D eigenvalue weighted by Crippen LogP contribution is 2.10. The molecule has 0 aromatic heterocycles. The molecule has 0 spiro atoms. The van der Waals surface area contributed by atoms with E-state index in [1.54, 1.807) is 7.05 Å². The number of guanidine groups is 1. The van der Waals surface area contributed by atoms with E-state index in [9.17, 15) is 8.42 Å². The van der Waals surface area contributed by atoms with E-state index in [0.717, 1.165) is 12.5 Å². The third kappa shape index (κ3) is 14.5. The predicted octanol–water partition coefficient (Wildman–Crippen LogP) is 2.97. The minimum absolute atomic E-state index is 0.0836. The molecule has 0 amide bonds. The van der Waals surface area contributed by atoms with E-state index in [0.29, 0.717) is 12.3 Å². The molecule has 5 nitrogen and oxygen atoms in total. The van der Waals surface area contributed by atoms with Gasteiger partial charge >= 0.3 is 0 Å². The van der Waals surface area contributed by atoms with Crippen LogP contribution in [0.2, 0.25) is 0 Å². The van der Waals surface area contributed by atoms with Crippen molar-refractivity contribution in [1.29, 1.82) is 0 Å². The molecule has 0 aromatic rings. The van der Waals surface area contributed by atoms with E-state index in [4.69, 9.17) is 0 Å². The van der Waals surface area contributed by atoms with E-state index < -0.39 is 9.84 Å². The lowest BCUT2D eigenvalue weighted by Crippen LogP contribution is -2.44. The maximum Gasteiger partial charge on any atom is 0.191 e. The SMILES string of the molecule is CCCCCCCC(C)CNC(=NC)NC(C)CCS(C)(=O)=O. The van der Waals surface area contributed by atoms with Gasteiger partial charge in [0.25, 0.3) is 0 Å². The van der Waals surface area contributed by atoms with Gasteiger partial charge < -0.3 is 10.6 Å². The summed E-state index contributed by atoms with van der Waals surface area (Å²) in [7, 11) is -1.16. The number of sulfone groups is 1. The maximum atomic E-state index is 11.2. The zero-order valence-electron chi connectivity index (χ0n) is 15.7. The summed E-state index contributed by atoms with van der Waals surface area (Å²) in [5, 5.41) is 6.59. The molecule has 23 heavy (non-hydrogen) atoms. The molecule has 0 aliphatic heterocycles. The van der Waals surface area contributed by atoms with Gasteiger partial charge in [-0.25, -0.2) is 8.42 Å². The molecule has 2 atom stereocenters. The predicted molar refractivity (Wildman–Crippen MR) is 101 cm³/mol. The Bertz CT molecular complexity index is 422. The van der Waals surface area contributed by atoms with Crippen molar-refractivity contribution in [3.8, 4) is 0 Å². The first-order chi connectivity index (χ1) is 10.8. The molecule has 0 aliphatic carbocycles. The van der Waals surface area contributed by atoms with Crippen LogP contribution < -0.4 is 10.6 Å². The minimum atomic E-state index is -2.90. The van der Waals surface area contributed by atoms with Crippen molar-refractivity contribution >= 4 is 15.8 Å². The molecular weight excluding hydrogens is 310 g/mol. The van der Waals surface area contributed by atoms with Crippen molar-refractivity contribution in [3.05, 3.63) is 0 Å². The molecule has 2 N–H and O–H groups in total. The van der Waals surface area contributed by atoms with Crippen LogP contribution in [0.4, 0.5) is 0 Å². The normalized spacial score (nSPS) is 15.3. The number of nitrogens with one attached hydrogen (secondary N) is 2. The molecule has 0 heterocycles. The summed E-state index contributed by atoms with van der Waals surface area (Å²) in [5.74, 6) is 1.57. The van der Waals surface area contributed by atoms with E-state index in [1.807, 2.05) is 6.92 Å². The Balaban J connectivity index is 3.92. The lowest BCUT2D eigenvalue weighted by atomic mass is 10.0. The van der Waals surface area contributed by atoms with Crippen LogP contribution in [0.3, 0.4) is 0 Å². The lowest BCUT2D eigenvalue weighted by Gasteiger charge is -2.19. The standard InChI is InChI=1S/C17H37N3O2S/c1-6-7-8-9-10-11-15(2)14-19-17(18-4)20-16(3)12-13-23(5,21)22/h15-16H,6-14H2,1-5H3,(H2,18,19,20). The highest BCUT2D eigenvalue weighted by molar-refractivity contribution is 7.90. The Labute approximate surface area is 143 Å². The van der Waals surface area contributed by atoms with E-state index >= 15 is 0 Å². The Hall–Kier alpha value is -0.780. The summed E-state index contributed by atoms with van der Waals surface area (Å²) < 4.78 is 22.4. The zero-order valence-corrected chi connectivity index (χ0v) is 16.5. The van der Waals surface area contributed by atoms with Gasteiger partial charge in [0.2, 0.25) is 0 Å². The van der Waals surface area contributed by atoms with Gasteiger partial charge in [-0.3, -0.25) is 4.99 Å². The smallest absolute Gasteiger partial charge is 0.191 e. The van der Waals surface area contributed by atoms with Crippen LogP contribution in [0, 0.1) is 5.92 Å². The monoisotopic (exact) mass is 347 g/mol. The van der Waals surface area contributed by atoms with Crippen LogP contribution in [0.5, 0.6) is 0 Å². The second-order valence-electron chi connectivity index (χ2n) is 6.73. The molecule has 0 saturated heterocycles. The molecule has 0 aromatic carbocycles. The molecule has 0 bridgehead atoms. The highest BCUT2D eigenvalue weighted by atomic mass is 32.2. The summed E-state index contributed by atoms with van der Waals surface area (Å²) in [6.07, 6.45) is 9.69. The minimum Gasteiger partial charge on any atom is -0.356 e. The van der Waals surface area contributed by atoms with E-state index in [1.165, 1.54) is 44.8 Å². The third-order valence-electron chi connectivity index (χ3n) is 3.95. The van der Waals surface area contributed by atoms with Gasteiger partial charge in [-0.05, 0) is 25.7 Å². The van der Waals surface area contributed by atoms with Crippen molar-refractivity contribution in [2.24, 2.45) is 10.9 Å². The Morgan fingerprint density at radius 2 is 1.74 bits per heavy atom. The summed E-state index contributed by atoms with van der Waals surface area (Å²) in [4.78, 5) is 4.21. The second-order valence-corrected chi connectivity index (χ2v) is 8.98. The zero-order chi connectivity index (χ0) is 17.7. The quantitative estimate of drug-likeness (QED) is 0.323. The van der Waals surface area contributed by atoms with Crippen molar-refractivity contribution in [3.63, 3.8) is 0 Å². The van der Waals surface area contributed by atoms with Gasteiger partial charge in [-0.1, -0.05) is 46.0 Å². The van der Waals surface area contributed by atoms with Crippen LogP contribution in [0.15, 0.2) is 4.99 Å². The fourth-order valence-electron chi connectivity index (χ4n) is 2.36. The molecule has 6 heteroatoms. The first kappa shape index (κ1) is 22.2. The number of nitrogens with zero attached hydrogens (tertiary/aromatic N) is 1. The van der Waals surface area contributed by atoms with Gasteiger partial charge in [0.05, 0.1) is 5.75 Å². The van der Waals surface area contributed by atoms with Crippen LogP contribution in [0.1, 0.15) is 65.7 Å². The first-order valence-corrected chi connectivity index (χ1v) is 11.0. The van der Waals surface area contributed by atoms with Crippen molar-refractivity contribution in [2.75, 3.05) is 25.6 Å². The second kappa shape index (κ2) is 12.6. The first-order valence-electron chi connectivity index (χ1n) is 8.93. The Morgan fingerprint density at radius 3 is 2.30 bits per heavy atom. The van der Waals surface area contributed by atoms with Crippen LogP contribution in [-0.2, 0) is 9.84 Å². The largest absolute Gasteiger partial charge is 0.356 e. The molecule has 0 aliphatic rings. The summed E-state index contributed by atoms with van der Waals surface area (Å²) in [6, 6.07) is 0.0836. The topological polar surface area (TPSA) is 70.6 Å². The lowest BCUT2D eigenvalue weighted by molar-refractivity contribution is 0.475. The summed E-state index contributed by atoms with van der Waals surface area (Å²) in [5.41, 5.74) is 0. The Kier molecular flexibility index (Phi) is 12.2. The average molecular weight is 348 g/mol. The van der Waals surface area contributed by atoms with Crippen LogP contribution in [0.25, 0.3) is 0 Å². The molecule has 0 rings (SSSR count). The number of rotatable bonds is 12. The van der Waals surface area contributed by atoms with Crippen molar-refractivity contribution < 1.29 is 8.42 Å². The number of unbranched alkanes of at least 4 members (excludes halogenated alkanes) is 4. The molecule has 0 saturated carbocycles. The third-order valence-corrected chi connectivity index (χ3v) is 4.92. The van der Waals surface area contributed by atoms with Crippen molar-refractivity contribution in [2.45, 2.75) is 71.8 Å². The molecular formula is C17H37N3O2S. The summed E-state index contributed by atoms with van der Waals surface area (Å²) in [6.45, 7) is 7.37. The van der Waals surface area contributed by atoms with E-state index in [-0.39, 0.29) is 11.8 Å². The van der Waals surface area contributed by atoms with Gasteiger partial charge in [-0.15, -0.1) is 0 Å². The average Bonchev–Trinajstić information content (AvgIpc) is 2.48. The highest BCUT2D eigenvalue weighted by Gasteiger charge is 2.10. The fourth-order valence-corrected chi connectivity index (χ4v) is 3.14. The number of hydrogen-bond acceptors (Lipinski definition) is 3. The van der Waals surface area contributed by atoms with Gasteiger partial charge in [0, 0.05) is 25.9 Å². The van der Waals surface area contributed by atoms with Crippen LogP contribution in [-0.4, -0.2) is 46.0 Å². The maximum absolute atomic E-state index is 11.2. The molecule has 2 unspecified atom stereocenters. The number of hydrogen-bond donors (Lipinski definition) is 2. The van der Waals surface area contributed by atoms with Crippen LogP contribution >= 0.6 is 0 Å². The van der Waals surface area contributed by atoms with Gasteiger partial charge in [-0.2, -0.15) is 0 Å². The Morgan fingerprint density at radius 1 is 1.09 bits per heavy atom. The molecule has 0 radical (unpaired) electrons. The number of aliphatic imine (C=N–C) groups is 1. The van der Waals surface area contributed by atoms with Gasteiger partial charge in [0.15, 0.2) is 5.96 Å². The fraction of sp³-hybridized carbons (Fsp3) is 0.941. The molecule has 0 fully saturated rings. The van der Waals surface area contributed by atoms with E-state index in [2.05, 4.69) is 29.5 Å². The summed E-state index contributed by atoms with van der Waals surface area (Å²) >= 11 is 0. The molecule has 138 valence electrons. The van der Waals surface area contributed by atoms with Crippen molar-refractivity contribution in [1.82, 2.24) is 10.6 Å².